The van der Waals surface area contributed by atoms with Gasteiger partial charge in [-0.15, -0.1) is 0 Å². The SMILES string of the molecule is c1ccc(-n2c3ccccc3c3c(-c4nc(-c5ccc(N6c7ccc8ccccc8c7-c7cccc8cccc6c78)c6ccccc56)nc5c4oc4ccccc45)cccc32)cc1. The monoisotopic (exact) mass is 802 g/mol. The Labute approximate surface area is 361 Å². The van der Waals surface area contributed by atoms with Crippen LogP contribution in [0.4, 0.5) is 17.1 Å². The first-order valence-corrected chi connectivity index (χ1v) is 21.4. The topological polar surface area (TPSA) is 47.1 Å². The van der Waals surface area contributed by atoms with Crippen molar-refractivity contribution < 1.29 is 4.42 Å². The predicted molar refractivity (Wildman–Crippen MR) is 261 cm³/mol. The maximum Gasteiger partial charge on any atom is 0.180 e. The van der Waals surface area contributed by atoms with Crippen LogP contribution in [0.2, 0.25) is 0 Å². The van der Waals surface area contributed by atoms with E-state index >= 15 is 0 Å². The number of rotatable bonds is 4. The van der Waals surface area contributed by atoms with Crippen LogP contribution >= 0.6 is 0 Å². The minimum Gasteiger partial charge on any atom is -0.452 e. The van der Waals surface area contributed by atoms with E-state index in [4.69, 9.17) is 14.4 Å². The third kappa shape index (κ3) is 4.82. The molecule has 63 heavy (non-hydrogen) atoms. The Morgan fingerprint density at radius 1 is 0.381 bits per heavy atom. The van der Waals surface area contributed by atoms with Gasteiger partial charge in [-0.1, -0.05) is 146 Å². The summed E-state index contributed by atoms with van der Waals surface area (Å²) in [4.78, 5) is 13.4. The van der Waals surface area contributed by atoms with Gasteiger partial charge in [-0.3, -0.25) is 0 Å². The maximum atomic E-state index is 6.75. The standard InChI is InChI=1S/C58H34N4O/c1-2-18-37(19-3-1)61-46-27-10-8-23-42(46)54-45(26-14-29-49(54)61)56-57-55(43-24-9-11-30-51(43)63-57)59-58(60-56)41-32-34-47(40-22-7-6-21-39(40)41)62-48-28-13-17-36-16-12-25-44(52(36)48)53-38-20-5-4-15-35(38)31-33-50(53)62/h1-34H. The fraction of sp³-hybridized carbons (Fsp3) is 0. The molecule has 0 spiro atoms. The highest BCUT2D eigenvalue weighted by Crippen LogP contribution is 2.54. The molecule has 0 saturated carbocycles. The van der Waals surface area contributed by atoms with Gasteiger partial charge in [-0.25, -0.2) is 9.97 Å². The summed E-state index contributed by atoms with van der Waals surface area (Å²) in [5.74, 6) is 0.646. The van der Waals surface area contributed by atoms with Crippen molar-refractivity contribution in [3.05, 3.63) is 206 Å². The molecule has 0 N–H and O–H groups in total. The molecule has 0 bridgehead atoms. The summed E-state index contributed by atoms with van der Waals surface area (Å²) in [6.07, 6.45) is 0. The second-order valence-electron chi connectivity index (χ2n) is 16.4. The Bertz CT molecular complexity index is 4040. The highest BCUT2D eigenvalue weighted by molar-refractivity contribution is 6.22. The van der Waals surface area contributed by atoms with Crippen LogP contribution in [0.3, 0.4) is 0 Å². The minimum absolute atomic E-state index is 0.646. The van der Waals surface area contributed by atoms with Crippen molar-refractivity contribution in [1.82, 2.24) is 14.5 Å². The zero-order valence-electron chi connectivity index (χ0n) is 33.8. The van der Waals surface area contributed by atoms with E-state index < -0.39 is 0 Å². The molecule has 1 aliphatic heterocycles. The highest BCUT2D eigenvalue weighted by atomic mass is 16.3. The molecule has 0 aliphatic carbocycles. The maximum absolute atomic E-state index is 6.75. The van der Waals surface area contributed by atoms with Gasteiger partial charge in [0, 0.05) is 49.3 Å². The lowest BCUT2D eigenvalue weighted by atomic mass is 9.87. The van der Waals surface area contributed by atoms with Gasteiger partial charge in [0.15, 0.2) is 11.4 Å². The van der Waals surface area contributed by atoms with Gasteiger partial charge >= 0.3 is 0 Å². The minimum atomic E-state index is 0.646. The Kier molecular flexibility index (Phi) is 7.05. The van der Waals surface area contributed by atoms with Crippen LogP contribution in [-0.2, 0) is 0 Å². The van der Waals surface area contributed by atoms with Gasteiger partial charge in [0.05, 0.1) is 28.1 Å². The molecule has 0 atom stereocenters. The Hall–Kier alpha value is -8.54. The lowest BCUT2D eigenvalue weighted by Gasteiger charge is -2.35. The van der Waals surface area contributed by atoms with Crippen LogP contribution in [0.25, 0.3) is 116 Å². The second-order valence-corrected chi connectivity index (χ2v) is 16.4. The molecule has 4 heterocycles. The molecule has 14 rings (SSSR count). The number of fused-ring (bicyclic) bond motifs is 11. The van der Waals surface area contributed by atoms with Crippen molar-refractivity contribution in [2.45, 2.75) is 0 Å². The van der Waals surface area contributed by atoms with E-state index in [1.807, 2.05) is 12.1 Å². The Morgan fingerprint density at radius 3 is 1.94 bits per heavy atom. The van der Waals surface area contributed by atoms with Gasteiger partial charge in [0.2, 0.25) is 0 Å². The summed E-state index contributed by atoms with van der Waals surface area (Å²) < 4.78 is 9.09. The molecule has 0 radical (unpaired) electrons. The molecule has 292 valence electrons. The number of nitrogens with zero attached hydrogens (tertiary/aromatic N) is 4. The average Bonchev–Trinajstić information content (AvgIpc) is 3.90. The van der Waals surface area contributed by atoms with E-state index in [0.29, 0.717) is 11.4 Å². The number of hydrogen-bond donors (Lipinski definition) is 0. The fourth-order valence-corrected chi connectivity index (χ4v) is 10.5. The normalized spacial score (nSPS) is 12.4. The van der Waals surface area contributed by atoms with Crippen molar-refractivity contribution in [3.63, 3.8) is 0 Å². The number of para-hydroxylation sites is 3. The average molecular weight is 803 g/mol. The molecule has 3 aromatic heterocycles. The lowest BCUT2D eigenvalue weighted by Crippen LogP contribution is -2.15. The van der Waals surface area contributed by atoms with Crippen LogP contribution < -0.4 is 4.90 Å². The molecule has 0 amide bonds. The predicted octanol–water partition coefficient (Wildman–Crippen LogP) is 15.7. The molecule has 5 heteroatoms. The quantitative estimate of drug-likeness (QED) is 0.178. The number of furan rings is 1. The molecule has 0 saturated heterocycles. The Morgan fingerprint density at radius 2 is 1.05 bits per heavy atom. The molecular weight excluding hydrogens is 769 g/mol. The summed E-state index contributed by atoms with van der Waals surface area (Å²) in [5.41, 5.74) is 14.2. The molecule has 0 unspecified atom stereocenters. The summed E-state index contributed by atoms with van der Waals surface area (Å²) in [6, 6.07) is 73.7. The number of aromatic nitrogens is 3. The van der Waals surface area contributed by atoms with Crippen LogP contribution in [0.15, 0.2) is 211 Å². The van der Waals surface area contributed by atoms with Crippen LogP contribution in [0.1, 0.15) is 0 Å². The van der Waals surface area contributed by atoms with Gasteiger partial charge < -0.3 is 13.9 Å². The van der Waals surface area contributed by atoms with E-state index in [2.05, 4.69) is 204 Å². The summed E-state index contributed by atoms with van der Waals surface area (Å²) in [5, 5.41) is 10.4. The molecule has 10 aromatic carbocycles. The largest absolute Gasteiger partial charge is 0.452 e. The first-order chi connectivity index (χ1) is 31.3. The molecule has 13 aromatic rings. The van der Waals surface area contributed by atoms with Gasteiger partial charge in [0.1, 0.15) is 16.8 Å². The number of benzene rings is 10. The highest BCUT2D eigenvalue weighted by Gasteiger charge is 2.29. The molecular formula is C58H34N4O. The van der Waals surface area contributed by atoms with Crippen LogP contribution in [-0.4, -0.2) is 14.5 Å². The smallest absolute Gasteiger partial charge is 0.180 e. The van der Waals surface area contributed by atoms with Crippen molar-refractivity contribution in [2.75, 3.05) is 4.90 Å². The van der Waals surface area contributed by atoms with Crippen molar-refractivity contribution in [2.24, 2.45) is 0 Å². The van der Waals surface area contributed by atoms with E-state index in [1.54, 1.807) is 0 Å². The summed E-state index contributed by atoms with van der Waals surface area (Å²) in [6.45, 7) is 0. The van der Waals surface area contributed by atoms with E-state index in [1.165, 1.54) is 32.7 Å². The molecule has 0 fully saturated rings. The molecule has 5 nitrogen and oxygen atoms in total. The van der Waals surface area contributed by atoms with Gasteiger partial charge in [0.25, 0.3) is 0 Å². The zero-order chi connectivity index (χ0) is 41.2. The fourth-order valence-electron chi connectivity index (χ4n) is 10.5. The van der Waals surface area contributed by atoms with Crippen molar-refractivity contribution >= 4 is 93.3 Å². The van der Waals surface area contributed by atoms with E-state index in [-0.39, 0.29) is 0 Å². The van der Waals surface area contributed by atoms with Crippen molar-refractivity contribution in [3.8, 4) is 39.5 Å². The summed E-state index contributed by atoms with van der Waals surface area (Å²) in [7, 11) is 0. The van der Waals surface area contributed by atoms with E-state index in [9.17, 15) is 0 Å². The third-order valence-corrected chi connectivity index (χ3v) is 13.1. The molecule has 1 aliphatic rings. The first kappa shape index (κ1) is 34.2. The zero-order valence-corrected chi connectivity index (χ0v) is 33.8. The Balaban J connectivity index is 1.04. The van der Waals surface area contributed by atoms with Crippen LogP contribution in [0, 0.1) is 0 Å². The van der Waals surface area contributed by atoms with Gasteiger partial charge in [-0.2, -0.15) is 0 Å². The van der Waals surface area contributed by atoms with Crippen molar-refractivity contribution in [1.29, 1.82) is 0 Å². The first-order valence-electron chi connectivity index (χ1n) is 21.4. The van der Waals surface area contributed by atoms with Gasteiger partial charge in [-0.05, 0) is 87.8 Å². The lowest BCUT2D eigenvalue weighted by molar-refractivity contribution is 0.667. The van der Waals surface area contributed by atoms with Crippen LogP contribution in [0.5, 0.6) is 0 Å². The number of hydrogen-bond acceptors (Lipinski definition) is 4. The number of anilines is 3. The second kappa shape index (κ2) is 13.0. The third-order valence-electron chi connectivity index (χ3n) is 13.1. The van der Waals surface area contributed by atoms with E-state index in [0.717, 1.165) is 88.6 Å². The summed E-state index contributed by atoms with van der Waals surface area (Å²) >= 11 is 0.